The Morgan fingerprint density at radius 1 is 1.33 bits per heavy atom. The van der Waals surface area contributed by atoms with Crippen molar-refractivity contribution in [2.24, 2.45) is 5.16 Å². The standard InChI is InChI=1S/C19H16ClFN2O4/c1-11-14(20)6-3-7-15(11)22-18(24)10-26-19(25)17-9-16(23-27-17)12-4-2-5-13(21)8-12/h2-8,17H,9-10H2,1H3,(H,22,24). The fourth-order valence-corrected chi connectivity index (χ4v) is 2.68. The molecule has 2 aromatic carbocycles. The Morgan fingerprint density at radius 3 is 2.89 bits per heavy atom. The third-order valence-electron chi connectivity index (χ3n) is 3.98. The molecular formula is C19H16ClFN2O4. The Hall–Kier alpha value is -2.93. The molecule has 1 amide bonds. The highest BCUT2D eigenvalue weighted by Gasteiger charge is 2.30. The minimum atomic E-state index is -0.969. The highest BCUT2D eigenvalue weighted by atomic mass is 35.5. The van der Waals surface area contributed by atoms with Gasteiger partial charge in [0.05, 0.1) is 5.71 Å². The molecule has 1 heterocycles. The van der Waals surface area contributed by atoms with Gasteiger partial charge in [-0.2, -0.15) is 0 Å². The number of carbonyl (C=O) groups excluding carboxylic acids is 2. The summed E-state index contributed by atoms with van der Waals surface area (Å²) in [6.07, 6.45) is -0.832. The number of rotatable bonds is 5. The molecule has 1 aliphatic heterocycles. The Bertz CT molecular complexity index is 916. The van der Waals surface area contributed by atoms with Crippen LogP contribution < -0.4 is 5.32 Å². The molecule has 0 radical (unpaired) electrons. The molecule has 0 aliphatic carbocycles. The molecule has 0 spiro atoms. The van der Waals surface area contributed by atoms with Crippen LogP contribution in [-0.4, -0.2) is 30.3 Å². The molecule has 0 saturated carbocycles. The molecule has 0 saturated heterocycles. The highest BCUT2D eigenvalue weighted by Crippen LogP contribution is 2.23. The zero-order valence-electron chi connectivity index (χ0n) is 14.4. The van der Waals surface area contributed by atoms with Crippen molar-refractivity contribution in [1.29, 1.82) is 0 Å². The number of hydrogen-bond donors (Lipinski definition) is 1. The SMILES string of the molecule is Cc1c(Cl)cccc1NC(=O)COC(=O)C1CC(c2cccc(F)c2)=NO1. The van der Waals surface area contributed by atoms with E-state index in [4.69, 9.17) is 21.2 Å². The van der Waals surface area contributed by atoms with Gasteiger partial charge >= 0.3 is 5.97 Å². The van der Waals surface area contributed by atoms with Crippen molar-refractivity contribution in [2.45, 2.75) is 19.4 Å². The van der Waals surface area contributed by atoms with Crippen LogP contribution in [0.4, 0.5) is 10.1 Å². The van der Waals surface area contributed by atoms with E-state index in [1.54, 1.807) is 37.3 Å². The molecule has 3 rings (SSSR count). The second-order valence-corrected chi connectivity index (χ2v) is 6.32. The smallest absolute Gasteiger partial charge is 0.351 e. The lowest BCUT2D eigenvalue weighted by molar-refractivity contribution is -0.157. The first-order valence-corrected chi connectivity index (χ1v) is 8.52. The van der Waals surface area contributed by atoms with Crippen LogP contribution in [0.3, 0.4) is 0 Å². The molecule has 1 unspecified atom stereocenters. The first kappa shape index (κ1) is 18.8. The van der Waals surface area contributed by atoms with Gasteiger partial charge in [-0.3, -0.25) is 4.79 Å². The summed E-state index contributed by atoms with van der Waals surface area (Å²) in [6, 6.07) is 10.9. The predicted octanol–water partition coefficient (Wildman–Crippen LogP) is 3.46. The quantitative estimate of drug-likeness (QED) is 0.793. The van der Waals surface area contributed by atoms with Gasteiger partial charge in [0, 0.05) is 22.7 Å². The lowest BCUT2D eigenvalue weighted by Gasteiger charge is -2.11. The van der Waals surface area contributed by atoms with Crippen molar-refractivity contribution in [3.05, 3.63) is 64.4 Å². The molecule has 0 bridgehead atoms. The van der Waals surface area contributed by atoms with Crippen LogP contribution in [0, 0.1) is 12.7 Å². The summed E-state index contributed by atoms with van der Waals surface area (Å²) in [7, 11) is 0. The molecule has 2 aromatic rings. The van der Waals surface area contributed by atoms with Crippen molar-refractivity contribution in [3.63, 3.8) is 0 Å². The molecule has 27 heavy (non-hydrogen) atoms. The number of hydrogen-bond acceptors (Lipinski definition) is 5. The van der Waals surface area contributed by atoms with Crippen molar-refractivity contribution in [1.82, 2.24) is 0 Å². The number of nitrogens with one attached hydrogen (secondary N) is 1. The normalized spacial score (nSPS) is 15.7. The zero-order chi connectivity index (χ0) is 19.4. The van der Waals surface area contributed by atoms with E-state index in [0.29, 0.717) is 27.5 Å². The lowest BCUT2D eigenvalue weighted by Crippen LogP contribution is -2.28. The van der Waals surface area contributed by atoms with E-state index in [0.717, 1.165) is 0 Å². The highest BCUT2D eigenvalue weighted by molar-refractivity contribution is 6.31. The Balaban J connectivity index is 1.50. The Morgan fingerprint density at radius 2 is 2.11 bits per heavy atom. The van der Waals surface area contributed by atoms with Gasteiger partial charge in [0.1, 0.15) is 5.82 Å². The Labute approximate surface area is 159 Å². The van der Waals surface area contributed by atoms with Crippen molar-refractivity contribution in [2.75, 3.05) is 11.9 Å². The summed E-state index contributed by atoms with van der Waals surface area (Å²) >= 11 is 6.00. The van der Waals surface area contributed by atoms with Crippen LogP contribution in [0.1, 0.15) is 17.5 Å². The second kappa shape index (κ2) is 8.18. The fraction of sp³-hybridized carbons (Fsp3) is 0.211. The minimum absolute atomic E-state index is 0.136. The maximum absolute atomic E-state index is 13.3. The molecule has 1 aliphatic rings. The Kier molecular flexibility index (Phi) is 5.71. The van der Waals surface area contributed by atoms with Gasteiger partial charge in [0.25, 0.3) is 5.91 Å². The van der Waals surface area contributed by atoms with Gasteiger partial charge in [0.15, 0.2) is 6.61 Å². The monoisotopic (exact) mass is 390 g/mol. The van der Waals surface area contributed by atoms with Crippen molar-refractivity contribution >= 4 is 34.9 Å². The van der Waals surface area contributed by atoms with Crippen LogP contribution in [0.15, 0.2) is 47.6 Å². The van der Waals surface area contributed by atoms with E-state index in [1.165, 1.54) is 12.1 Å². The number of halogens is 2. The van der Waals surface area contributed by atoms with Gasteiger partial charge in [-0.05, 0) is 36.8 Å². The van der Waals surface area contributed by atoms with E-state index in [1.807, 2.05) is 0 Å². The maximum atomic E-state index is 13.3. The van der Waals surface area contributed by atoms with E-state index >= 15 is 0 Å². The lowest BCUT2D eigenvalue weighted by atomic mass is 10.1. The average molecular weight is 391 g/mol. The maximum Gasteiger partial charge on any atom is 0.351 e. The molecule has 0 aromatic heterocycles. The molecule has 6 nitrogen and oxygen atoms in total. The third-order valence-corrected chi connectivity index (χ3v) is 4.39. The van der Waals surface area contributed by atoms with E-state index in [2.05, 4.69) is 10.5 Å². The van der Waals surface area contributed by atoms with E-state index in [9.17, 15) is 14.0 Å². The van der Waals surface area contributed by atoms with Crippen LogP contribution in [0.25, 0.3) is 0 Å². The number of nitrogens with zero attached hydrogens (tertiary/aromatic N) is 1. The van der Waals surface area contributed by atoms with Gasteiger partial charge < -0.3 is 14.9 Å². The summed E-state index contributed by atoms with van der Waals surface area (Å²) in [6.45, 7) is 1.29. The summed E-state index contributed by atoms with van der Waals surface area (Å²) < 4.78 is 18.3. The summed E-state index contributed by atoms with van der Waals surface area (Å²) in [5, 5.41) is 6.95. The topological polar surface area (TPSA) is 77.0 Å². The average Bonchev–Trinajstić information content (AvgIpc) is 3.14. The number of esters is 1. The van der Waals surface area contributed by atoms with Crippen molar-refractivity contribution in [3.8, 4) is 0 Å². The van der Waals surface area contributed by atoms with Crippen LogP contribution in [-0.2, 0) is 19.2 Å². The van der Waals surface area contributed by atoms with Gasteiger partial charge in [-0.25, -0.2) is 9.18 Å². The molecule has 0 fully saturated rings. The number of carbonyl (C=O) groups is 2. The van der Waals surface area contributed by atoms with Gasteiger partial charge in [-0.1, -0.05) is 35.0 Å². The van der Waals surface area contributed by atoms with Crippen LogP contribution >= 0.6 is 11.6 Å². The number of benzene rings is 2. The first-order chi connectivity index (χ1) is 12.9. The predicted molar refractivity (Wildman–Crippen MR) is 98.2 cm³/mol. The van der Waals surface area contributed by atoms with Crippen molar-refractivity contribution < 1.29 is 23.6 Å². The molecule has 1 atom stereocenters. The summed E-state index contributed by atoms with van der Waals surface area (Å²) in [5.74, 6) is -1.63. The van der Waals surface area contributed by atoms with E-state index < -0.39 is 30.4 Å². The van der Waals surface area contributed by atoms with Gasteiger partial charge in [0.2, 0.25) is 6.10 Å². The minimum Gasteiger partial charge on any atom is -0.453 e. The fourth-order valence-electron chi connectivity index (χ4n) is 2.50. The summed E-state index contributed by atoms with van der Waals surface area (Å²) in [5.41, 5.74) is 2.22. The molecule has 140 valence electrons. The second-order valence-electron chi connectivity index (χ2n) is 5.91. The number of oxime groups is 1. The number of anilines is 1. The largest absolute Gasteiger partial charge is 0.453 e. The van der Waals surface area contributed by atoms with E-state index in [-0.39, 0.29) is 6.42 Å². The van der Waals surface area contributed by atoms with Crippen LogP contribution in [0.5, 0.6) is 0 Å². The zero-order valence-corrected chi connectivity index (χ0v) is 15.1. The third kappa shape index (κ3) is 4.62. The van der Waals surface area contributed by atoms with Gasteiger partial charge in [-0.15, -0.1) is 0 Å². The first-order valence-electron chi connectivity index (χ1n) is 8.14. The molecule has 1 N–H and O–H groups in total. The number of ether oxygens (including phenoxy) is 1. The number of amides is 1. The van der Waals surface area contributed by atoms with Crippen LogP contribution in [0.2, 0.25) is 5.02 Å². The summed E-state index contributed by atoms with van der Waals surface area (Å²) in [4.78, 5) is 29.1. The molecular weight excluding hydrogens is 375 g/mol. The molecule has 8 heteroatoms.